The fourth-order valence-corrected chi connectivity index (χ4v) is 2.08. The third-order valence-electron chi connectivity index (χ3n) is 2.70. The summed E-state index contributed by atoms with van der Waals surface area (Å²) in [6.07, 6.45) is 0. The van der Waals surface area contributed by atoms with Crippen LogP contribution in [0.5, 0.6) is 5.75 Å². The van der Waals surface area contributed by atoms with Gasteiger partial charge in [0.15, 0.2) is 0 Å². The summed E-state index contributed by atoms with van der Waals surface area (Å²) in [5.74, 6) is 0.893. The molecule has 0 aliphatic rings. The van der Waals surface area contributed by atoms with E-state index >= 15 is 0 Å². The van der Waals surface area contributed by atoms with Crippen molar-refractivity contribution in [2.75, 3.05) is 13.0 Å². The number of halogens is 2. The zero-order valence-electron chi connectivity index (χ0n) is 10.7. The first-order valence-corrected chi connectivity index (χ1v) is 6.61. The summed E-state index contributed by atoms with van der Waals surface area (Å²) in [5, 5.41) is 3.41. The molecule has 3 nitrogen and oxygen atoms in total. The van der Waals surface area contributed by atoms with Crippen LogP contribution in [0.3, 0.4) is 0 Å². The van der Waals surface area contributed by atoms with E-state index < -0.39 is 0 Å². The number of carbonyl (C=O) groups excluding carboxylic acids is 1. The number of benzene rings is 1. The fourth-order valence-electron chi connectivity index (χ4n) is 1.48. The van der Waals surface area contributed by atoms with Crippen molar-refractivity contribution in [3.8, 4) is 5.75 Å². The van der Waals surface area contributed by atoms with Crippen LogP contribution in [0.4, 0.5) is 0 Å². The molecule has 1 aromatic rings. The standard InChI is InChI=1S/C13H17Cl2NO2/c1-8(2)11(7-14)16-13(17)10-5-4-9(15)6-12(10)18-3/h4-6,8,11H,7H2,1-3H3,(H,16,17). The van der Waals surface area contributed by atoms with Crippen LogP contribution in [0.25, 0.3) is 0 Å². The summed E-state index contributed by atoms with van der Waals surface area (Å²) in [5.41, 5.74) is 0.456. The molecule has 100 valence electrons. The topological polar surface area (TPSA) is 38.3 Å². The van der Waals surface area contributed by atoms with Gasteiger partial charge in [-0.25, -0.2) is 0 Å². The lowest BCUT2D eigenvalue weighted by atomic mass is 10.1. The highest BCUT2D eigenvalue weighted by atomic mass is 35.5. The van der Waals surface area contributed by atoms with Gasteiger partial charge in [0.2, 0.25) is 0 Å². The van der Waals surface area contributed by atoms with Crippen molar-refractivity contribution in [1.82, 2.24) is 5.32 Å². The Morgan fingerprint density at radius 3 is 2.61 bits per heavy atom. The van der Waals surface area contributed by atoms with Crippen LogP contribution >= 0.6 is 23.2 Å². The summed E-state index contributed by atoms with van der Waals surface area (Å²) in [6.45, 7) is 4.01. The Balaban J connectivity index is 2.90. The van der Waals surface area contributed by atoms with Crippen molar-refractivity contribution in [2.45, 2.75) is 19.9 Å². The number of nitrogens with one attached hydrogen (secondary N) is 1. The molecule has 0 saturated carbocycles. The first kappa shape index (κ1) is 15.1. The van der Waals surface area contributed by atoms with Crippen molar-refractivity contribution in [1.29, 1.82) is 0 Å². The van der Waals surface area contributed by atoms with E-state index in [1.54, 1.807) is 18.2 Å². The molecule has 0 aliphatic carbocycles. The zero-order valence-corrected chi connectivity index (χ0v) is 12.2. The molecule has 0 aliphatic heterocycles. The fraction of sp³-hybridized carbons (Fsp3) is 0.462. The normalized spacial score (nSPS) is 12.3. The highest BCUT2D eigenvalue weighted by molar-refractivity contribution is 6.30. The number of carbonyl (C=O) groups is 1. The first-order chi connectivity index (χ1) is 8.49. The molecule has 0 saturated heterocycles. The van der Waals surface area contributed by atoms with E-state index in [9.17, 15) is 4.79 Å². The molecule has 0 heterocycles. The molecule has 5 heteroatoms. The summed E-state index contributed by atoms with van der Waals surface area (Å²) >= 11 is 11.7. The molecule has 0 spiro atoms. The van der Waals surface area contributed by atoms with Crippen molar-refractivity contribution in [2.24, 2.45) is 5.92 Å². The highest BCUT2D eigenvalue weighted by Gasteiger charge is 2.18. The molecule has 0 bridgehead atoms. The minimum Gasteiger partial charge on any atom is -0.496 e. The van der Waals surface area contributed by atoms with E-state index in [2.05, 4.69) is 5.32 Å². The Morgan fingerprint density at radius 2 is 2.11 bits per heavy atom. The molecule has 0 aromatic heterocycles. The minimum atomic E-state index is -0.206. The second-order valence-electron chi connectivity index (χ2n) is 4.32. The van der Waals surface area contributed by atoms with Crippen molar-refractivity contribution < 1.29 is 9.53 Å². The maximum absolute atomic E-state index is 12.1. The zero-order chi connectivity index (χ0) is 13.7. The van der Waals surface area contributed by atoms with E-state index in [1.165, 1.54) is 7.11 Å². The quantitative estimate of drug-likeness (QED) is 0.845. The lowest BCUT2D eigenvalue weighted by Gasteiger charge is -2.20. The largest absolute Gasteiger partial charge is 0.496 e. The van der Waals surface area contributed by atoms with Crippen LogP contribution in [-0.2, 0) is 0 Å². The van der Waals surface area contributed by atoms with Crippen LogP contribution in [0.2, 0.25) is 5.02 Å². The lowest BCUT2D eigenvalue weighted by Crippen LogP contribution is -2.40. The Labute approximate surface area is 117 Å². The number of ether oxygens (including phenoxy) is 1. The number of hydrogen-bond donors (Lipinski definition) is 1. The maximum atomic E-state index is 12.1. The molecule has 1 atom stereocenters. The highest BCUT2D eigenvalue weighted by Crippen LogP contribution is 2.23. The number of rotatable bonds is 5. The molecular formula is C13H17Cl2NO2. The van der Waals surface area contributed by atoms with Gasteiger partial charge in [0.1, 0.15) is 5.75 Å². The van der Waals surface area contributed by atoms with Crippen molar-refractivity contribution in [3.05, 3.63) is 28.8 Å². The molecule has 1 aromatic carbocycles. The first-order valence-electron chi connectivity index (χ1n) is 5.70. The van der Waals surface area contributed by atoms with E-state index in [1.807, 2.05) is 13.8 Å². The third-order valence-corrected chi connectivity index (χ3v) is 3.26. The average Bonchev–Trinajstić information content (AvgIpc) is 2.34. The van der Waals surface area contributed by atoms with Crippen LogP contribution in [-0.4, -0.2) is 24.9 Å². The second kappa shape index (κ2) is 6.86. The molecule has 0 radical (unpaired) electrons. The average molecular weight is 290 g/mol. The third kappa shape index (κ3) is 3.79. The van der Waals surface area contributed by atoms with Crippen LogP contribution in [0.15, 0.2) is 18.2 Å². The van der Waals surface area contributed by atoms with Gasteiger partial charge < -0.3 is 10.1 Å². The molecule has 1 unspecified atom stereocenters. The number of amides is 1. The Bertz CT molecular complexity index is 421. The van der Waals surface area contributed by atoms with Gasteiger partial charge in [-0.15, -0.1) is 11.6 Å². The van der Waals surface area contributed by atoms with Crippen LogP contribution < -0.4 is 10.1 Å². The van der Waals surface area contributed by atoms with Gasteiger partial charge in [-0.3, -0.25) is 4.79 Å². The van der Waals surface area contributed by atoms with Crippen molar-refractivity contribution in [3.63, 3.8) is 0 Å². The predicted molar refractivity (Wildman–Crippen MR) is 74.8 cm³/mol. The van der Waals surface area contributed by atoms with Gasteiger partial charge in [-0.05, 0) is 24.1 Å². The minimum absolute atomic E-state index is 0.0699. The van der Waals surface area contributed by atoms with Gasteiger partial charge in [-0.1, -0.05) is 25.4 Å². The van der Waals surface area contributed by atoms with Gasteiger partial charge in [0.05, 0.1) is 12.7 Å². The Kier molecular flexibility index (Phi) is 5.76. The second-order valence-corrected chi connectivity index (χ2v) is 5.07. The van der Waals surface area contributed by atoms with Gasteiger partial charge >= 0.3 is 0 Å². The summed E-state index contributed by atoms with van der Waals surface area (Å²) < 4.78 is 5.14. The summed E-state index contributed by atoms with van der Waals surface area (Å²) in [6, 6.07) is 4.84. The monoisotopic (exact) mass is 289 g/mol. The van der Waals surface area contributed by atoms with Crippen molar-refractivity contribution >= 4 is 29.1 Å². The van der Waals surface area contributed by atoms with Crippen LogP contribution in [0, 0.1) is 5.92 Å². The molecular weight excluding hydrogens is 273 g/mol. The summed E-state index contributed by atoms with van der Waals surface area (Å²) in [4.78, 5) is 12.1. The number of alkyl halides is 1. The van der Waals surface area contributed by atoms with E-state index in [4.69, 9.17) is 27.9 Å². The molecule has 1 rings (SSSR count). The number of methoxy groups -OCH3 is 1. The van der Waals surface area contributed by atoms with Gasteiger partial charge in [0.25, 0.3) is 5.91 Å². The van der Waals surface area contributed by atoms with Gasteiger partial charge in [0, 0.05) is 16.9 Å². The smallest absolute Gasteiger partial charge is 0.255 e. The van der Waals surface area contributed by atoms with Gasteiger partial charge in [-0.2, -0.15) is 0 Å². The Morgan fingerprint density at radius 1 is 1.44 bits per heavy atom. The molecule has 0 fully saturated rings. The summed E-state index contributed by atoms with van der Waals surface area (Å²) in [7, 11) is 1.50. The SMILES string of the molecule is COc1cc(Cl)ccc1C(=O)NC(CCl)C(C)C. The molecule has 18 heavy (non-hydrogen) atoms. The van der Waals surface area contributed by atoms with E-state index in [0.29, 0.717) is 22.2 Å². The number of hydrogen-bond acceptors (Lipinski definition) is 2. The molecule has 1 amide bonds. The molecule has 1 N–H and O–H groups in total. The lowest BCUT2D eigenvalue weighted by molar-refractivity contribution is 0.0928. The van der Waals surface area contributed by atoms with E-state index in [0.717, 1.165) is 0 Å². The van der Waals surface area contributed by atoms with Crippen LogP contribution in [0.1, 0.15) is 24.2 Å². The van der Waals surface area contributed by atoms with E-state index in [-0.39, 0.29) is 17.9 Å². The maximum Gasteiger partial charge on any atom is 0.255 e. The predicted octanol–water partition coefficient (Wildman–Crippen LogP) is 3.34. The Hall–Kier alpha value is -0.930.